The van der Waals surface area contributed by atoms with Crippen molar-refractivity contribution in [3.05, 3.63) is 68.4 Å². The van der Waals surface area contributed by atoms with Gasteiger partial charge in [0.1, 0.15) is 11.8 Å². The summed E-state index contributed by atoms with van der Waals surface area (Å²) in [5.74, 6) is 6.47. The molecular weight excluding hydrogens is 387 g/mol. The van der Waals surface area contributed by atoms with Crippen LogP contribution in [0.3, 0.4) is 0 Å². The molecule has 0 saturated heterocycles. The van der Waals surface area contributed by atoms with Gasteiger partial charge in [0.25, 0.3) is 0 Å². The van der Waals surface area contributed by atoms with Crippen molar-refractivity contribution in [3.8, 4) is 0 Å². The van der Waals surface area contributed by atoms with E-state index in [-0.39, 0.29) is 6.04 Å². The van der Waals surface area contributed by atoms with Crippen LogP contribution in [0.1, 0.15) is 17.4 Å². The minimum absolute atomic E-state index is 0.202. The van der Waals surface area contributed by atoms with Crippen LogP contribution in [-0.2, 0) is 0 Å². The summed E-state index contributed by atoms with van der Waals surface area (Å²) in [6.45, 7) is 0. The average molecular weight is 399 g/mol. The Morgan fingerprint density at radius 1 is 1.15 bits per heavy atom. The molecular formula is C15H12ClIN2O. The summed E-state index contributed by atoms with van der Waals surface area (Å²) in [5.41, 5.74) is 4.58. The number of benzene rings is 2. The molecule has 0 aliphatic heterocycles. The summed E-state index contributed by atoms with van der Waals surface area (Å²) in [4.78, 5) is 0. The van der Waals surface area contributed by atoms with Crippen molar-refractivity contribution in [2.45, 2.75) is 6.04 Å². The molecule has 3 N–H and O–H groups in total. The van der Waals surface area contributed by atoms with Crippen LogP contribution in [0.25, 0.3) is 11.0 Å². The molecule has 3 rings (SSSR count). The zero-order chi connectivity index (χ0) is 14.1. The lowest BCUT2D eigenvalue weighted by atomic mass is 10.1. The van der Waals surface area contributed by atoms with E-state index in [1.165, 1.54) is 0 Å². The third-order valence-corrected chi connectivity index (χ3v) is 4.46. The van der Waals surface area contributed by atoms with Gasteiger partial charge in [-0.25, -0.2) is 5.43 Å². The molecule has 5 heteroatoms. The van der Waals surface area contributed by atoms with E-state index in [9.17, 15) is 0 Å². The summed E-state index contributed by atoms with van der Waals surface area (Å²) in [5, 5.41) is 1.57. The number of halogens is 2. The normalized spacial score (nSPS) is 12.8. The Labute approximate surface area is 135 Å². The second kappa shape index (κ2) is 5.73. The number of hydrazine groups is 1. The van der Waals surface area contributed by atoms with Crippen LogP contribution in [0.5, 0.6) is 0 Å². The largest absolute Gasteiger partial charge is 0.457 e. The van der Waals surface area contributed by atoms with Crippen molar-refractivity contribution in [3.63, 3.8) is 0 Å². The van der Waals surface area contributed by atoms with Gasteiger partial charge in [-0.2, -0.15) is 0 Å². The molecule has 1 heterocycles. The molecule has 20 heavy (non-hydrogen) atoms. The molecule has 1 aromatic heterocycles. The molecule has 2 aromatic carbocycles. The SMILES string of the molecule is NNC(c1cc2cccc(Cl)c2o1)c1ccccc1I. The first-order valence-electron chi connectivity index (χ1n) is 6.09. The van der Waals surface area contributed by atoms with Crippen molar-refractivity contribution in [2.75, 3.05) is 0 Å². The Balaban J connectivity index is 2.12. The fourth-order valence-electron chi connectivity index (χ4n) is 2.22. The Kier molecular flexibility index (Phi) is 3.98. The molecule has 1 unspecified atom stereocenters. The highest BCUT2D eigenvalue weighted by atomic mass is 127. The van der Waals surface area contributed by atoms with Crippen molar-refractivity contribution >= 4 is 45.2 Å². The van der Waals surface area contributed by atoms with E-state index in [1.54, 1.807) is 0 Å². The maximum absolute atomic E-state index is 6.15. The lowest BCUT2D eigenvalue weighted by Gasteiger charge is -2.15. The van der Waals surface area contributed by atoms with Gasteiger partial charge in [-0.05, 0) is 46.4 Å². The van der Waals surface area contributed by atoms with Crippen LogP contribution in [0, 0.1) is 3.57 Å². The van der Waals surface area contributed by atoms with E-state index in [1.807, 2.05) is 48.5 Å². The third kappa shape index (κ3) is 2.44. The van der Waals surface area contributed by atoms with Crippen molar-refractivity contribution in [1.29, 1.82) is 0 Å². The molecule has 0 aliphatic rings. The first kappa shape index (κ1) is 13.9. The van der Waals surface area contributed by atoms with Crippen LogP contribution in [0.15, 0.2) is 52.9 Å². The van der Waals surface area contributed by atoms with Gasteiger partial charge in [-0.3, -0.25) is 5.84 Å². The van der Waals surface area contributed by atoms with Gasteiger partial charge < -0.3 is 4.42 Å². The fraction of sp³-hybridized carbons (Fsp3) is 0.0667. The van der Waals surface area contributed by atoms with E-state index in [0.717, 1.165) is 20.3 Å². The first-order chi connectivity index (χ1) is 9.70. The number of hydrogen-bond acceptors (Lipinski definition) is 3. The number of rotatable bonds is 3. The molecule has 102 valence electrons. The number of furan rings is 1. The topological polar surface area (TPSA) is 51.2 Å². The third-order valence-electron chi connectivity index (χ3n) is 3.18. The predicted molar refractivity (Wildman–Crippen MR) is 89.5 cm³/mol. The van der Waals surface area contributed by atoms with Crippen LogP contribution in [-0.4, -0.2) is 0 Å². The standard InChI is InChI=1S/C15H12ClIN2O/c16-11-6-3-4-9-8-13(20-15(9)11)14(19-18)10-5-1-2-7-12(10)17/h1-8,14,19H,18H2. The van der Waals surface area contributed by atoms with Gasteiger partial charge in [-0.15, -0.1) is 0 Å². The Morgan fingerprint density at radius 3 is 2.65 bits per heavy atom. The Morgan fingerprint density at radius 2 is 1.95 bits per heavy atom. The molecule has 0 radical (unpaired) electrons. The van der Waals surface area contributed by atoms with Gasteiger partial charge >= 0.3 is 0 Å². The van der Waals surface area contributed by atoms with Crippen LogP contribution in [0.2, 0.25) is 5.02 Å². The molecule has 0 fully saturated rings. The molecule has 3 nitrogen and oxygen atoms in total. The molecule has 0 amide bonds. The van der Waals surface area contributed by atoms with E-state index in [4.69, 9.17) is 21.9 Å². The maximum Gasteiger partial charge on any atom is 0.152 e. The van der Waals surface area contributed by atoms with Crippen molar-refractivity contribution in [1.82, 2.24) is 5.43 Å². The number of fused-ring (bicyclic) bond motifs is 1. The van der Waals surface area contributed by atoms with Gasteiger partial charge in [0.15, 0.2) is 5.58 Å². The van der Waals surface area contributed by atoms with E-state index >= 15 is 0 Å². The van der Waals surface area contributed by atoms with Gasteiger partial charge in [-0.1, -0.05) is 41.9 Å². The second-order valence-electron chi connectivity index (χ2n) is 4.43. The number of para-hydroxylation sites is 1. The highest BCUT2D eigenvalue weighted by Crippen LogP contribution is 2.32. The molecule has 0 aliphatic carbocycles. The summed E-state index contributed by atoms with van der Waals surface area (Å²) < 4.78 is 7.01. The average Bonchev–Trinajstić information content (AvgIpc) is 2.87. The predicted octanol–water partition coefficient (Wildman–Crippen LogP) is 4.24. The summed E-state index contributed by atoms with van der Waals surface area (Å²) in [6, 6.07) is 15.5. The Hall–Kier alpha value is -1.08. The zero-order valence-electron chi connectivity index (χ0n) is 10.4. The fourth-order valence-corrected chi connectivity index (χ4v) is 3.14. The maximum atomic E-state index is 6.15. The highest BCUT2D eigenvalue weighted by molar-refractivity contribution is 14.1. The number of nitrogens with two attached hydrogens (primary N) is 1. The Bertz CT molecular complexity index is 756. The smallest absolute Gasteiger partial charge is 0.152 e. The van der Waals surface area contributed by atoms with Crippen LogP contribution < -0.4 is 11.3 Å². The summed E-state index contributed by atoms with van der Waals surface area (Å²) in [7, 11) is 0. The van der Waals surface area contributed by atoms with Gasteiger partial charge in [0.2, 0.25) is 0 Å². The first-order valence-corrected chi connectivity index (χ1v) is 7.55. The second-order valence-corrected chi connectivity index (χ2v) is 6.00. The van der Waals surface area contributed by atoms with E-state index < -0.39 is 0 Å². The van der Waals surface area contributed by atoms with E-state index in [2.05, 4.69) is 28.0 Å². The summed E-state index contributed by atoms with van der Waals surface area (Å²) >= 11 is 8.44. The molecule has 1 atom stereocenters. The quantitative estimate of drug-likeness (QED) is 0.394. The number of hydrogen-bond donors (Lipinski definition) is 2. The molecule has 0 spiro atoms. The lowest BCUT2D eigenvalue weighted by Crippen LogP contribution is -2.29. The van der Waals surface area contributed by atoms with Gasteiger partial charge in [0.05, 0.1) is 5.02 Å². The van der Waals surface area contributed by atoms with Crippen LogP contribution >= 0.6 is 34.2 Å². The van der Waals surface area contributed by atoms with Crippen molar-refractivity contribution < 1.29 is 4.42 Å². The zero-order valence-corrected chi connectivity index (χ0v) is 13.4. The summed E-state index contributed by atoms with van der Waals surface area (Å²) in [6.07, 6.45) is 0. The monoisotopic (exact) mass is 398 g/mol. The minimum Gasteiger partial charge on any atom is -0.457 e. The minimum atomic E-state index is -0.202. The van der Waals surface area contributed by atoms with Crippen molar-refractivity contribution in [2.24, 2.45) is 5.84 Å². The number of nitrogens with one attached hydrogen (secondary N) is 1. The molecule has 0 bridgehead atoms. The van der Waals surface area contributed by atoms with Crippen LogP contribution in [0.4, 0.5) is 0 Å². The molecule has 3 aromatic rings. The lowest BCUT2D eigenvalue weighted by molar-refractivity contribution is 0.476. The van der Waals surface area contributed by atoms with Gasteiger partial charge in [0, 0.05) is 8.96 Å². The molecule has 0 saturated carbocycles. The van der Waals surface area contributed by atoms with E-state index in [0.29, 0.717) is 10.6 Å². The highest BCUT2D eigenvalue weighted by Gasteiger charge is 2.19.